The van der Waals surface area contributed by atoms with Crippen LogP contribution in [-0.2, 0) is 4.74 Å². The number of nitrogens with one attached hydrogen (secondary N) is 1. The summed E-state index contributed by atoms with van der Waals surface area (Å²) in [5.74, 6) is -0.306. The molecule has 1 aromatic rings. The third-order valence-corrected chi connectivity index (χ3v) is 4.83. The molecule has 0 radical (unpaired) electrons. The lowest BCUT2D eigenvalue weighted by Crippen LogP contribution is -2.52. The lowest BCUT2D eigenvalue weighted by molar-refractivity contribution is -0.000459. The van der Waals surface area contributed by atoms with Crippen LogP contribution in [0.4, 0.5) is 4.79 Å². The highest BCUT2D eigenvalue weighted by atomic mass is 16.6. The molecular weight excluding hydrogens is 350 g/mol. The largest absolute Gasteiger partial charge is 0.444 e. The quantitative estimate of drug-likeness (QED) is 0.789. The van der Waals surface area contributed by atoms with E-state index in [1.54, 1.807) is 21.8 Å². The number of ether oxygens (including phenoxy) is 1. The van der Waals surface area contributed by atoms with Crippen LogP contribution in [0.25, 0.3) is 0 Å². The maximum absolute atomic E-state index is 12.3. The summed E-state index contributed by atoms with van der Waals surface area (Å²) in [6.07, 6.45) is 2.05. The van der Waals surface area contributed by atoms with Crippen LogP contribution in [0.3, 0.4) is 0 Å². The second-order valence-electron chi connectivity index (χ2n) is 8.61. The second kappa shape index (κ2) is 7.12. The highest BCUT2D eigenvalue weighted by Crippen LogP contribution is 2.23. The summed E-state index contributed by atoms with van der Waals surface area (Å²) in [7, 11) is 1.95. The SMILES string of the molecule is CN1CCC(O)(CNC(=O)c2ccn(C3CN(C(=O)OC(C)(C)C)C3)n2)C1. The maximum atomic E-state index is 12.3. The van der Waals surface area contributed by atoms with Gasteiger partial charge in [-0.05, 0) is 40.3 Å². The lowest BCUT2D eigenvalue weighted by Gasteiger charge is -2.39. The van der Waals surface area contributed by atoms with Crippen molar-refractivity contribution in [1.29, 1.82) is 0 Å². The smallest absolute Gasteiger partial charge is 0.410 e. The number of carbonyl (C=O) groups excluding carboxylic acids is 2. The van der Waals surface area contributed by atoms with Gasteiger partial charge in [0.25, 0.3) is 5.91 Å². The number of amides is 2. The van der Waals surface area contributed by atoms with Crippen molar-refractivity contribution in [1.82, 2.24) is 24.9 Å². The standard InChI is InChI=1S/C18H29N5O4/c1-17(2,3)27-16(25)22-9-13(10-22)23-7-5-14(20-23)15(24)19-11-18(26)6-8-21(4)12-18/h5,7,13,26H,6,8-12H2,1-4H3,(H,19,24). The van der Waals surface area contributed by atoms with Crippen LogP contribution in [0, 0.1) is 0 Å². The van der Waals surface area contributed by atoms with Gasteiger partial charge in [-0.25, -0.2) is 4.79 Å². The van der Waals surface area contributed by atoms with Crippen LogP contribution in [-0.4, -0.2) is 87.7 Å². The fourth-order valence-electron chi connectivity index (χ4n) is 3.30. The fourth-order valence-corrected chi connectivity index (χ4v) is 3.30. The first-order valence-electron chi connectivity index (χ1n) is 9.27. The number of hydrogen-bond donors (Lipinski definition) is 2. The van der Waals surface area contributed by atoms with Crippen molar-refractivity contribution in [2.24, 2.45) is 0 Å². The van der Waals surface area contributed by atoms with E-state index in [9.17, 15) is 14.7 Å². The third-order valence-electron chi connectivity index (χ3n) is 4.83. The number of rotatable bonds is 4. The molecule has 1 aromatic heterocycles. The van der Waals surface area contributed by atoms with E-state index in [0.717, 1.165) is 6.54 Å². The van der Waals surface area contributed by atoms with Crippen molar-refractivity contribution in [3.8, 4) is 0 Å². The summed E-state index contributed by atoms with van der Waals surface area (Å²) >= 11 is 0. The average Bonchev–Trinajstić information content (AvgIpc) is 3.09. The van der Waals surface area contributed by atoms with Crippen molar-refractivity contribution in [2.45, 2.75) is 44.4 Å². The first-order chi connectivity index (χ1) is 12.5. The minimum atomic E-state index is -0.880. The van der Waals surface area contributed by atoms with Gasteiger partial charge in [0.1, 0.15) is 11.3 Å². The van der Waals surface area contributed by atoms with Gasteiger partial charge in [-0.1, -0.05) is 0 Å². The number of likely N-dealkylation sites (tertiary alicyclic amines) is 2. The molecule has 0 aliphatic carbocycles. The van der Waals surface area contributed by atoms with E-state index in [2.05, 4.69) is 10.4 Å². The lowest BCUT2D eigenvalue weighted by atomic mass is 10.0. The summed E-state index contributed by atoms with van der Waals surface area (Å²) in [6.45, 7) is 8.08. The molecule has 1 unspecified atom stereocenters. The predicted octanol–water partition coefficient (Wildman–Crippen LogP) is 0.471. The summed E-state index contributed by atoms with van der Waals surface area (Å²) in [4.78, 5) is 27.9. The first-order valence-corrected chi connectivity index (χ1v) is 9.27. The number of nitrogens with zero attached hydrogens (tertiary/aromatic N) is 4. The van der Waals surface area contributed by atoms with E-state index in [1.165, 1.54) is 0 Å². The van der Waals surface area contributed by atoms with Gasteiger partial charge >= 0.3 is 6.09 Å². The number of carbonyl (C=O) groups is 2. The molecule has 0 bridgehead atoms. The van der Waals surface area contributed by atoms with Crippen LogP contribution in [0.15, 0.2) is 12.3 Å². The number of aromatic nitrogens is 2. The Morgan fingerprint density at radius 1 is 1.41 bits per heavy atom. The predicted molar refractivity (Wildman–Crippen MR) is 98.5 cm³/mol. The van der Waals surface area contributed by atoms with Crippen molar-refractivity contribution in [3.05, 3.63) is 18.0 Å². The Labute approximate surface area is 159 Å². The van der Waals surface area contributed by atoms with E-state index < -0.39 is 11.2 Å². The van der Waals surface area contributed by atoms with Gasteiger partial charge in [-0.3, -0.25) is 9.48 Å². The van der Waals surface area contributed by atoms with Crippen molar-refractivity contribution in [3.63, 3.8) is 0 Å². The molecule has 9 nitrogen and oxygen atoms in total. The summed E-state index contributed by atoms with van der Waals surface area (Å²) in [6, 6.07) is 1.68. The summed E-state index contributed by atoms with van der Waals surface area (Å²) < 4.78 is 7.04. The molecule has 3 heterocycles. The van der Waals surface area contributed by atoms with Gasteiger partial charge in [0.15, 0.2) is 0 Å². The molecule has 9 heteroatoms. The van der Waals surface area contributed by atoms with E-state index >= 15 is 0 Å². The molecule has 2 aliphatic rings. The number of β-amino-alcohol motifs (C(OH)–C–C–N with tert-alkyl or cyclic N) is 1. The Kier molecular flexibility index (Phi) is 5.18. The fraction of sp³-hybridized carbons (Fsp3) is 0.722. The van der Waals surface area contributed by atoms with Gasteiger partial charge in [0.05, 0.1) is 11.6 Å². The van der Waals surface area contributed by atoms with Crippen molar-refractivity contribution >= 4 is 12.0 Å². The average molecular weight is 379 g/mol. The Hall–Kier alpha value is -2.13. The minimum Gasteiger partial charge on any atom is -0.444 e. The third kappa shape index (κ3) is 4.78. The van der Waals surface area contributed by atoms with Gasteiger partial charge in [0.2, 0.25) is 0 Å². The van der Waals surface area contributed by atoms with Gasteiger partial charge < -0.3 is 25.0 Å². The molecule has 2 aliphatic heterocycles. The monoisotopic (exact) mass is 379 g/mol. The van der Waals surface area contributed by atoms with Crippen molar-refractivity contribution in [2.75, 3.05) is 39.8 Å². The van der Waals surface area contributed by atoms with E-state index in [4.69, 9.17) is 4.74 Å². The van der Waals surface area contributed by atoms with Gasteiger partial charge in [-0.15, -0.1) is 0 Å². The van der Waals surface area contributed by atoms with Gasteiger partial charge in [-0.2, -0.15) is 5.10 Å². The molecule has 0 spiro atoms. The molecule has 2 saturated heterocycles. The minimum absolute atomic E-state index is 0.0340. The molecule has 2 amide bonds. The molecule has 3 rings (SSSR count). The normalized spacial score (nSPS) is 24.0. The van der Waals surface area contributed by atoms with E-state index in [1.807, 2.05) is 32.7 Å². The van der Waals surface area contributed by atoms with Gasteiger partial charge in [0, 0.05) is 38.9 Å². The topological polar surface area (TPSA) is 99.9 Å². The highest BCUT2D eigenvalue weighted by Gasteiger charge is 2.36. The molecule has 150 valence electrons. The second-order valence-corrected chi connectivity index (χ2v) is 8.61. The molecular formula is C18H29N5O4. The zero-order chi connectivity index (χ0) is 19.8. The van der Waals surface area contributed by atoms with Crippen LogP contribution >= 0.6 is 0 Å². The highest BCUT2D eigenvalue weighted by molar-refractivity contribution is 5.92. The number of likely N-dealkylation sites (N-methyl/N-ethyl adjacent to an activating group) is 1. The van der Waals surface area contributed by atoms with Crippen LogP contribution in [0.2, 0.25) is 0 Å². The maximum Gasteiger partial charge on any atom is 0.410 e. The zero-order valence-corrected chi connectivity index (χ0v) is 16.4. The van der Waals surface area contributed by atoms with Crippen LogP contribution in [0.5, 0.6) is 0 Å². The first kappa shape index (κ1) is 19.6. The number of aliphatic hydroxyl groups is 1. The molecule has 27 heavy (non-hydrogen) atoms. The Morgan fingerprint density at radius 3 is 2.70 bits per heavy atom. The van der Waals surface area contributed by atoms with E-state index in [-0.39, 0.29) is 24.6 Å². The van der Waals surface area contributed by atoms with Crippen LogP contribution < -0.4 is 5.32 Å². The molecule has 2 N–H and O–H groups in total. The number of hydrogen-bond acceptors (Lipinski definition) is 6. The van der Waals surface area contributed by atoms with Crippen LogP contribution in [0.1, 0.15) is 43.7 Å². The zero-order valence-electron chi connectivity index (χ0n) is 16.4. The molecule has 2 fully saturated rings. The molecule has 0 aromatic carbocycles. The Morgan fingerprint density at radius 2 is 2.11 bits per heavy atom. The Bertz CT molecular complexity index is 707. The summed E-state index contributed by atoms with van der Waals surface area (Å²) in [5.41, 5.74) is -1.09. The molecule has 1 atom stereocenters. The van der Waals surface area contributed by atoms with E-state index in [0.29, 0.717) is 31.7 Å². The summed E-state index contributed by atoms with van der Waals surface area (Å²) in [5, 5.41) is 17.5. The molecule has 0 saturated carbocycles. The Balaban J connectivity index is 1.48. The van der Waals surface area contributed by atoms with Crippen molar-refractivity contribution < 1.29 is 19.4 Å².